The number of hydrogen-bond donors (Lipinski definition) is 0. The van der Waals surface area contributed by atoms with Crippen molar-refractivity contribution in [2.75, 3.05) is 0 Å². The molecular weight excluding hydrogens is 157 g/mol. The fourth-order valence-corrected chi connectivity index (χ4v) is 1.04. The molecule has 0 aliphatic carbocycles. The van der Waals surface area contributed by atoms with Crippen LogP contribution in [0.25, 0.3) is 0 Å². The standard InChI is InChI=1S/C9H12FNO/c1-7(2)5-11-6-8(10)3-4-9(11)12/h3-4,6-7H,5H2,1-2H3. The summed E-state index contributed by atoms with van der Waals surface area (Å²) in [7, 11) is 0. The second-order valence-corrected chi connectivity index (χ2v) is 3.23. The molecular formula is C9H12FNO. The minimum atomic E-state index is -0.366. The predicted octanol–water partition coefficient (Wildman–Crippen LogP) is 1.64. The van der Waals surface area contributed by atoms with Gasteiger partial charge in [0.25, 0.3) is 5.56 Å². The number of hydrogen-bond acceptors (Lipinski definition) is 1. The van der Waals surface area contributed by atoms with Gasteiger partial charge in [-0.3, -0.25) is 4.79 Å². The summed E-state index contributed by atoms with van der Waals surface area (Å²) >= 11 is 0. The van der Waals surface area contributed by atoms with E-state index in [2.05, 4.69) is 0 Å². The molecule has 12 heavy (non-hydrogen) atoms. The molecule has 0 amide bonds. The largest absolute Gasteiger partial charge is 0.312 e. The van der Waals surface area contributed by atoms with E-state index in [4.69, 9.17) is 0 Å². The molecule has 0 saturated heterocycles. The Hall–Kier alpha value is -1.12. The van der Waals surface area contributed by atoms with E-state index in [-0.39, 0.29) is 11.4 Å². The Morgan fingerprint density at radius 3 is 2.75 bits per heavy atom. The van der Waals surface area contributed by atoms with Gasteiger partial charge in [-0.25, -0.2) is 4.39 Å². The van der Waals surface area contributed by atoms with Crippen LogP contribution in [0, 0.1) is 11.7 Å². The van der Waals surface area contributed by atoms with E-state index in [1.165, 1.54) is 22.9 Å². The number of rotatable bonds is 2. The number of halogens is 1. The molecule has 0 unspecified atom stereocenters. The molecule has 0 saturated carbocycles. The molecule has 0 fully saturated rings. The van der Waals surface area contributed by atoms with Crippen LogP contribution in [0.4, 0.5) is 4.39 Å². The first kappa shape index (κ1) is 8.97. The van der Waals surface area contributed by atoms with Crippen LogP contribution < -0.4 is 5.56 Å². The molecule has 1 heterocycles. The topological polar surface area (TPSA) is 22.0 Å². The third kappa shape index (κ3) is 2.19. The van der Waals surface area contributed by atoms with Gasteiger partial charge in [-0.1, -0.05) is 13.8 Å². The van der Waals surface area contributed by atoms with Crippen molar-refractivity contribution in [3.63, 3.8) is 0 Å². The minimum Gasteiger partial charge on any atom is -0.312 e. The minimum absolute atomic E-state index is 0.148. The molecule has 0 aromatic carbocycles. The lowest BCUT2D eigenvalue weighted by molar-refractivity contribution is 0.494. The number of pyridine rings is 1. The average molecular weight is 169 g/mol. The van der Waals surface area contributed by atoms with Crippen LogP contribution in [0.1, 0.15) is 13.8 Å². The first-order valence-corrected chi connectivity index (χ1v) is 3.95. The molecule has 3 heteroatoms. The second kappa shape index (κ2) is 3.52. The highest BCUT2D eigenvalue weighted by molar-refractivity contribution is 4.96. The lowest BCUT2D eigenvalue weighted by atomic mass is 10.2. The maximum absolute atomic E-state index is 12.6. The van der Waals surface area contributed by atoms with Gasteiger partial charge >= 0.3 is 0 Å². The Balaban J connectivity index is 2.98. The van der Waals surface area contributed by atoms with Gasteiger partial charge < -0.3 is 4.57 Å². The van der Waals surface area contributed by atoms with E-state index in [0.29, 0.717) is 12.5 Å². The molecule has 0 aliphatic rings. The molecule has 0 N–H and O–H groups in total. The van der Waals surface area contributed by atoms with Crippen molar-refractivity contribution in [1.82, 2.24) is 4.57 Å². The Morgan fingerprint density at radius 2 is 2.17 bits per heavy atom. The molecule has 0 spiro atoms. The van der Waals surface area contributed by atoms with Crippen molar-refractivity contribution >= 4 is 0 Å². The number of aromatic nitrogens is 1. The van der Waals surface area contributed by atoms with Gasteiger partial charge in [0.2, 0.25) is 0 Å². The van der Waals surface area contributed by atoms with Crippen molar-refractivity contribution in [3.05, 3.63) is 34.5 Å². The molecule has 2 nitrogen and oxygen atoms in total. The molecule has 66 valence electrons. The highest BCUT2D eigenvalue weighted by Crippen LogP contribution is 1.97. The third-order valence-electron chi connectivity index (χ3n) is 1.51. The van der Waals surface area contributed by atoms with Gasteiger partial charge in [-0.15, -0.1) is 0 Å². The first-order valence-electron chi connectivity index (χ1n) is 3.95. The van der Waals surface area contributed by atoms with Crippen molar-refractivity contribution in [2.45, 2.75) is 20.4 Å². The van der Waals surface area contributed by atoms with Gasteiger partial charge in [-0.05, 0) is 12.0 Å². The average Bonchev–Trinajstić information content (AvgIpc) is 1.96. The Bertz CT molecular complexity index is 317. The second-order valence-electron chi connectivity index (χ2n) is 3.23. The van der Waals surface area contributed by atoms with Crippen molar-refractivity contribution in [2.24, 2.45) is 5.92 Å². The highest BCUT2D eigenvalue weighted by Gasteiger charge is 1.99. The normalized spacial score (nSPS) is 10.7. The lowest BCUT2D eigenvalue weighted by Gasteiger charge is -2.07. The quantitative estimate of drug-likeness (QED) is 0.659. The molecule has 0 atom stereocenters. The van der Waals surface area contributed by atoms with Crippen LogP contribution in [0.15, 0.2) is 23.1 Å². The Kier molecular flexibility index (Phi) is 2.63. The van der Waals surface area contributed by atoms with E-state index in [9.17, 15) is 9.18 Å². The predicted molar refractivity (Wildman–Crippen MR) is 45.5 cm³/mol. The maximum atomic E-state index is 12.6. The summed E-state index contributed by atoms with van der Waals surface area (Å²) in [6, 6.07) is 2.43. The van der Waals surface area contributed by atoms with Crippen LogP contribution in [0.2, 0.25) is 0 Å². The van der Waals surface area contributed by atoms with Gasteiger partial charge in [0.1, 0.15) is 5.82 Å². The van der Waals surface area contributed by atoms with Gasteiger partial charge in [0, 0.05) is 18.8 Å². The maximum Gasteiger partial charge on any atom is 0.250 e. The van der Waals surface area contributed by atoms with E-state index in [1.54, 1.807) is 0 Å². The van der Waals surface area contributed by atoms with Gasteiger partial charge in [0.15, 0.2) is 0 Å². The highest BCUT2D eigenvalue weighted by atomic mass is 19.1. The van der Waals surface area contributed by atoms with E-state index >= 15 is 0 Å². The summed E-state index contributed by atoms with van der Waals surface area (Å²) < 4.78 is 14.0. The summed E-state index contributed by atoms with van der Waals surface area (Å²) in [5.41, 5.74) is -0.148. The lowest BCUT2D eigenvalue weighted by Crippen LogP contribution is -2.21. The van der Waals surface area contributed by atoms with Crippen LogP contribution in [-0.2, 0) is 6.54 Å². The van der Waals surface area contributed by atoms with Crippen LogP contribution in [0.5, 0.6) is 0 Å². The van der Waals surface area contributed by atoms with Gasteiger partial charge in [0.05, 0.1) is 0 Å². The zero-order valence-corrected chi connectivity index (χ0v) is 7.25. The van der Waals surface area contributed by atoms with Crippen molar-refractivity contribution in [3.8, 4) is 0 Å². The zero-order chi connectivity index (χ0) is 9.14. The summed E-state index contributed by atoms with van der Waals surface area (Å²) in [5, 5.41) is 0. The van der Waals surface area contributed by atoms with E-state index in [0.717, 1.165) is 0 Å². The summed E-state index contributed by atoms with van der Waals surface area (Å²) in [6.07, 6.45) is 1.24. The molecule has 1 aromatic rings. The smallest absolute Gasteiger partial charge is 0.250 e. The van der Waals surface area contributed by atoms with E-state index < -0.39 is 0 Å². The molecule has 1 rings (SSSR count). The third-order valence-corrected chi connectivity index (χ3v) is 1.51. The van der Waals surface area contributed by atoms with Crippen LogP contribution in [0.3, 0.4) is 0 Å². The summed E-state index contributed by atoms with van der Waals surface area (Å²) in [4.78, 5) is 11.1. The Morgan fingerprint density at radius 1 is 1.50 bits per heavy atom. The zero-order valence-electron chi connectivity index (χ0n) is 7.25. The molecule has 0 radical (unpaired) electrons. The van der Waals surface area contributed by atoms with Crippen LogP contribution >= 0.6 is 0 Å². The summed E-state index contributed by atoms with van der Waals surface area (Å²) in [5.74, 6) is -0.0141. The molecule has 1 aromatic heterocycles. The Labute approximate surface area is 70.6 Å². The number of nitrogens with zero attached hydrogens (tertiary/aromatic N) is 1. The SMILES string of the molecule is CC(C)Cn1cc(F)ccc1=O. The fourth-order valence-electron chi connectivity index (χ4n) is 1.04. The molecule has 0 bridgehead atoms. The van der Waals surface area contributed by atoms with Gasteiger partial charge in [-0.2, -0.15) is 0 Å². The van der Waals surface area contributed by atoms with E-state index in [1.807, 2.05) is 13.8 Å². The first-order chi connectivity index (χ1) is 5.59. The van der Waals surface area contributed by atoms with Crippen molar-refractivity contribution < 1.29 is 4.39 Å². The molecule has 0 aliphatic heterocycles. The monoisotopic (exact) mass is 169 g/mol. The summed E-state index contributed by atoms with van der Waals surface area (Å²) in [6.45, 7) is 4.53. The fraction of sp³-hybridized carbons (Fsp3) is 0.444. The van der Waals surface area contributed by atoms with Crippen LogP contribution in [-0.4, -0.2) is 4.57 Å². The van der Waals surface area contributed by atoms with Crippen molar-refractivity contribution in [1.29, 1.82) is 0 Å².